The Hall–Kier alpha value is -0.640. The summed E-state index contributed by atoms with van der Waals surface area (Å²) in [5.41, 5.74) is 1.38. The van der Waals surface area contributed by atoms with E-state index >= 15 is 0 Å². The van der Waals surface area contributed by atoms with Gasteiger partial charge in [-0.15, -0.1) is 35.3 Å². The molecule has 0 unspecified atom stereocenters. The summed E-state index contributed by atoms with van der Waals surface area (Å²) in [4.78, 5) is 8.21. The molecule has 2 aromatic rings. The Balaban J connectivity index is 0.00000243. The van der Waals surface area contributed by atoms with Gasteiger partial charge in [0, 0.05) is 42.1 Å². The number of nitrogens with zero attached hydrogens (tertiary/aromatic N) is 2. The fraction of sp³-hybridized carbons (Fsp3) is 0.421. The summed E-state index contributed by atoms with van der Waals surface area (Å²) >= 11 is 5.26. The summed E-state index contributed by atoms with van der Waals surface area (Å²) < 4.78 is 1.14. The highest BCUT2D eigenvalue weighted by Gasteiger charge is 2.20. The molecule has 2 N–H and O–H groups in total. The summed E-state index contributed by atoms with van der Waals surface area (Å²) in [6.07, 6.45) is 2.30. The number of aliphatic imine (C=N–C) groups is 1. The SMILES string of the molecule is CN=C(NCc1cccs1)NC1CCN(Cc2ccc(Br)cc2)CC1.I. The zero-order valence-corrected chi connectivity index (χ0v) is 19.7. The number of thiophene rings is 1. The van der Waals surface area contributed by atoms with Crippen molar-refractivity contribution in [2.45, 2.75) is 32.0 Å². The lowest BCUT2D eigenvalue weighted by Gasteiger charge is -2.33. The maximum atomic E-state index is 4.36. The van der Waals surface area contributed by atoms with Crippen molar-refractivity contribution >= 4 is 57.2 Å². The average Bonchev–Trinajstić information content (AvgIpc) is 3.15. The van der Waals surface area contributed by atoms with Crippen LogP contribution in [0.4, 0.5) is 0 Å². The van der Waals surface area contributed by atoms with E-state index in [1.165, 1.54) is 10.4 Å². The van der Waals surface area contributed by atoms with Gasteiger partial charge in [0.05, 0.1) is 6.54 Å². The van der Waals surface area contributed by atoms with Gasteiger partial charge in [-0.25, -0.2) is 0 Å². The predicted molar refractivity (Wildman–Crippen MR) is 126 cm³/mol. The quantitative estimate of drug-likeness (QED) is 0.329. The molecular formula is C19H26BrIN4S. The lowest BCUT2D eigenvalue weighted by Crippen LogP contribution is -2.48. The van der Waals surface area contributed by atoms with Crippen LogP contribution in [-0.4, -0.2) is 37.0 Å². The minimum absolute atomic E-state index is 0. The molecule has 0 amide bonds. The normalized spacial score (nSPS) is 16.2. The molecule has 1 aliphatic heterocycles. The number of benzene rings is 1. The fourth-order valence-electron chi connectivity index (χ4n) is 3.06. The van der Waals surface area contributed by atoms with Gasteiger partial charge in [0.25, 0.3) is 0 Å². The first-order valence-corrected chi connectivity index (χ1v) is 10.4. The largest absolute Gasteiger partial charge is 0.354 e. The van der Waals surface area contributed by atoms with Gasteiger partial charge in [0.15, 0.2) is 5.96 Å². The van der Waals surface area contributed by atoms with Crippen LogP contribution in [0.5, 0.6) is 0 Å². The van der Waals surface area contributed by atoms with Crippen molar-refractivity contribution in [3.8, 4) is 0 Å². The number of guanidine groups is 1. The Bertz CT molecular complexity index is 667. The van der Waals surface area contributed by atoms with E-state index in [1.54, 1.807) is 11.3 Å². The van der Waals surface area contributed by atoms with Crippen molar-refractivity contribution in [1.29, 1.82) is 0 Å². The van der Waals surface area contributed by atoms with E-state index in [-0.39, 0.29) is 24.0 Å². The summed E-state index contributed by atoms with van der Waals surface area (Å²) in [7, 11) is 1.84. The van der Waals surface area contributed by atoms with Gasteiger partial charge in [0.1, 0.15) is 0 Å². The molecule has 4 nitrogen and oxygen atoms in total. The van der Waals surface area contributed by atoms with Gasteiger partial charge in [0.2, 0.25) is 0 Å². The second kappa shape index (κ2) is 11.3. The van der Waals surface area contributed by atoms with Gasteiger partial charge >= 0.3 is 0 Å². The minimum atomic E-state index is 0. The van der Waals surface area contributed by atoms with E-state index in [1.807, 2.05) is 7.05 Å². The third-order valence-electron chi connectivity index (χ3n) is 4.48. The number of rotatable bonds is 5. The van der Waals surface area contributed by atoms with Crippen LogP contribution in [0.25, 0.3) is 0 Å². The molecule has 1 fully saturated rings. The summed E-state index contributed by atoms with van der Waals surface area (Å²) in [5.74, 6) is 0.903. The second-order valence-electron chi connectivity index (χ2n) is 6.33. The first-order chi connectivity index (χ1) is 12.2. The number of hydrogen-bond donors (Lipinski definition) is 2. The third kappa shape index (κ3) is 6.83. The molecular weight excluding hydrogens is 523 g/mol. The van der Waals surface area contributed by atoms with E-state index < -0.39 is 0 Å². The van der Waals surface area contributed by atoms with Gasteiger partial charge in [-0.1, -0.05) is 34.1 Å². The standard InChI is InChI=1S/C19H25BrN4S.HI/c1-21-19(22-13-18-3-2-12-25-18)23-17-8-10-24(11-9-17)14-15-4-6-16(20)7-5-15;/h2-7,12,17H,8-11,13-14H2,1H3,(H2,21,22,23);1H. The zero-order chi connectivity index (χ0) is 17.5. The Morgan fingerprint density at radius 1 is 1.23 bits per heavy atom. The molecule has 142 valence electrons. The molecule has 26 heavy (non-hydrogen) atoms. The Kier molecular flexibility index (Phi) is 9.38. The van der Waals surface area contributed by atoms with Crippen molar-refractivity contribution in [2.24, 2.45) is 4.99 Å². The van der Waals surface area contributed by atoms with Crippen molar-refractivity contribution in [2.75, 3.05) is 20.1 Å². The smallest absolute Gasteiger partial charge is 0.191 e. The van der Waals surface area contributed by atoms with Crippen molar-refractivity contribution in [1.82, 2.24) is 15.5 Å². The molecule has 0 aliphatic carbocycles. The first-order valence-electron chi connectivity index (χ1n) is 8.69. The highest BCUT2D eigenvalue weighted by molar-refractivity contribution is 14.0. The number of likely N-dealkylation sites (tertiary alicyclic amines) is 1. The average molecular weight is 549 g/mol. The molecule has 0 spiro atoms. The van der Waals surface area contributed by atoms with Gasteiger partial charge < -0.3 is 10.6 Å². The lowest BCUT2D eigenvalue weighted by atomic mass is 10.0. The fourth-order valence-corrected chi connectivity index (χ4v) is 3.96. The van der Waals surface area contributed by atoms with Crippen LogP contribution < -0.4 is 10.6 Å². The maximum Gasteiger partial charge on any atom is 0.191 e. The summed E-state index contributed by atoms with van der Waals surface area (Å²) in [5, 5.41) is 9.08. The predicted octanol–water partition coefficient (Wildman–Crippen LogP) is 4.46. The number of hydrogen-bond acceptors (Lipinski definition) is 3. The molecule has 7 heteroatoms. The molecule has 1 aromatic carbocycles. The molecule has 0 bridgehead atoms. The van der Waals surface area contributed by atoms with Crippen LogP contribution in [-0.2, 0) is 13.1 Å². The molecule has 0 saturated carbocycles. The molecule has 2 heterocycles. The number of nitrogens with one attached hydrogen (secondary N) is 2. The molecule has 0 atom stereocenters. The van der Waals surface area contributed by atoms with Crippen molar-refractivity contribution < 1.29 is 0 Å². The lowest BCUT2D eigenvalue weighted by molar-refractivity contribution is 0.198. The topological polar surface area (TPSA) is 39.7 Å². The molecule has 1 saturated heterocycles. The van der Waals surface area contributed by atoms with Crippen LogP contribution in [0, 0.1) is 0 Å². The van der Waals surface area contributed by atoms with Crippen LogP contribution in [0.2, 0.25) is 0 Å². The summed E-state index contributed by atoms with van der Waals surface area (Å²) in [6.45, 7) is 4.11. The highest BCUT2D eigenvalue weighted by atomic mass is 127. The summed E-state index contributed by atoms with van der Waals surface area (Å²) in [6, 6.07) is 13.4. The second-order valence-corrected chi connectivity index (χ2v) is 8.27. The minimum Gasteiger partial charge on any atom is -0.354 e. The van der Waals surface area contributed by atoms with Crippen LogP contribution >= 0.6 is 51.2 Å². The zero-order valence-electron chi connectivity index (χ0n) is 15.0. The van der Waals surface area contributed by atoms with Crippen LogP contribution in [0.15, 0.2) is 51.2 Å². The van der Waals surface area contributed by atoms with Gasteiger partial charge in [-0.05, 0) is 42.0 Å². The number of piperidine rings is 1. The Morgan fingerprint density at radius 2 is 1.96 bits per heavy atom. The van der Waals surface area contributed by atoms with Crippen molar-refractivity contribution in [3.63, 3.8) is 0 Å². The Morgan fingerprint density at radius 3 is 2.58 bits per heavy atom. The van der Waals surface area contributed by atoms with E-state index in [0.717, 1.165) is 49.5 Å². The van der Waals surface area contributed by atoms with Crippen LogP contribution in [0.1, 0.15) is 23.3 Å². The molecule has 1 aromatic heterocycles. The molecule has 1 aliphatic rings. The maximum absolute atomic E-state index is 4.36. The number of halogens is 2. The van der Waals surface area contributed by atoms with Crippen LogP contribution in [0.3, 0.4) is 0 Å². The van der Waals surface area contributed by atoms with Gasteiger partial charge in [-0.2, -0.15) is 0 Å². The monoisotopic (exact) mass is 548 g/mol. The highest BCUT2D eigenvalue weighted by Crippen LogP contribution is 2.16. The van der Waals surface area contributed by atoms with E-state index in [2.05, 4.69) is 78.2 Å². The Labute approximate surface area is 185 Å². The molecule has 0 radical (unpaired) electrons. The van der Waals surface area contributed by atoms with E-state index in [9.17, 15) is 0 Å². The van der Waals surface area contributed by atoms with Gasteiger partial charge in [-0.3, -0.25) is 9.89 Å². The first kappa shape index (κ1) is 21.7. The van der Waals surface area contributed by atoms with E-state index in [4.69, 9.17) is 0 Å². The van der Waals surface area contributed by atoms with Crippen molar-refractivity contribution in [3.05, 3.63) is 56.7 Å². The molecule has 3 rings (SSSR count). The van der Waals surface area contributed by atoms with E-state index in [0.29, 0.717) is 6.04 Å². The third-order valence-corrected chi connectivity index (χ3v) is 5.89.